The van der Waals surface area contributed by atoms with Gasteiger partial charge in [0.1, 0.15) is 0 Å². The van der Waals surface area contributed by atoms with Crippen LogP contribution >= 0.6 is 0 Å². The molecule has 0 saturated carbocycles. The van der Waals surface area contributed by atoms with E-state index in [1.54, 1.807) is 5.57 Å². The van der Waals surface area contributed by atoms with Gasteiger partial charge in [-0.25, -0.2) is 0 Å². The minimum atomic E-state index is 0.353. The molecule has 1 heteroatoms. The maximum atomic E-state index is 3.60. The van der Waals surface area contributed by atoms with Crippen molar-refractivity contribution in [1.29, 1.82) is 0 Å². The number of likely N-dealkylation sites (N-methyl/N-ethyl adjacent to an activating group) is 1. The van der Waals surface area contributed by atoms with Crippen molar-refractivity contribution in [3.8, 4) is 0 Å². The van der Waals surface area contributed by atoms with Crippen LogP contribution in [-0.2, 0) is 0 Å². The minimum Gasteiger partial charge on any atom is -0.310 e. The van der Waals surface area contributed by atoms with Crippen LogP contribution in [0, 0.1) is 5.41 Å². The van der Waals surface area contributed by atoms with E-state index in [-0.39, 0.29) is 0 Å². The Balaban J connectivity index is 2.67. The summed E-state index contributed by atoms with van der Waals surface area (Å²) in [5, 5.41) is 3.60. The number of nitrogens with one attached hydrogen (secondary N) is 1. The Morgan fingerprint density at radius 3 is 2.54 bits per heavy atom. The third kappa shape index (κ3) is 2.84. The summed E-state index contributed by atoms with van der Waals surface area (Å²) in [5.74, 6) is 0. The maximum Gasteiger partial charge on any atom is 0.0328 e. The molecule has 1 aliphatic rings. The first-order chi connectivity index (χ1) is 6.05. The standard InChI is InChI=1S/C12H23N/c1-5-13-11(12(2,3)4)10-8-6-7-9-10/h8,11,13H,5-7,9H2,1-4H3. The maximum absolute atomic E-state index is 3.60. The lowest BCUT2D eigenvalue weighted by molar-refractivity contribution is 0.302. The van der Waals surface area contributed by atoms with Gasteiger partial charge in [-0.15, -0.1) is 0 Å². The molecule has 0 aromatic heterocycles. The molecule has 1 unspecified atom stereocenters. The molecule has 1 rings (SSSR count). The summed E-state index contributed by atoms with van der Waals surface area (Å²) in [6.45, 7) is 10.2. The highest BCUT2D eigenvalue weighted by atomic mass is 14.9. The molecule has 1 nitrogen and oxygen atoms in total. The van der Waals surface area contributed by atoms with Gasteiger partial charge in [0.25, 0.3) is 0 Å². The molecule has 76 valence electrons. The van der Waals surface area contributed by atoms with Crippen LogP contribution < -0.4 is 5.32 Å². The molecular formula is C12H23N. The van der Waals surface area contributed by atoms with Crippen molar-refractivity contribution in [2.75, 3.05) is 6.54 Å². The van der Waals surface area contributed by atoms with E-state index >= 15 is 0 Å². The van der Waals surface area contributed by atoms with E-state index in [4.69, 9.17) is 0 Å². The highest BCUT2D eigenvalue weighted by Crippen LogP contribution is 2.31. The molecule has 1 aliphatic carbocycles. The first-order valence-corrected chi connectivity index (χ1v) is 5.48. The molecule has 1 N–H and O–H groups in total. The predicted molar refractivity (Wildman–Crippen MR) is 58.9 cm³/mol. The van der Waals surface area contributed by atoms with Crippen LogP contribution in [0.15, 0.2) is 11.6 Å². The van der Waals surface area contributed by atoms with Crippen LogP contribution in [0.4, 0.5) is 0 Å². The van der Waals surface area contributed by atoms with Crippen molar-refractivity contribution in [1.82, 2.24) is 5.32 Å². The van der Waals surface area contributed by atoms with Gasteiger partial charge in [0.2, 0.25) is 0 Å². The van der Waals surface area contributed by atoms with Gasteiger partial charge in [-0.3, -0.25) is 0 Å². The number of rotatable bonds is 3. The van der Waals surface area contributed by atoms with E-state index in [0.29, 0.717) is 11.5 Å². The van der Waals surface area contributed by atoms with E-state index in [2.05, 4.69) is 39.1 Å². The quantitative estimate of drug-likeness (QED) is 0.660. The molecule has 0 radical (unpaired) electrons. The summed E-state index contributed by atoms with van der Waals surface area (Å²) in [6, 6.07) is 0.583. The van der Waals surface area contributed by atoms with E-state index < -0.39 is 0 Å². The van der Waals surface area contributed by atoms with Crippen molar-refractivity contribution >= 4 is 0 Å². The van der Waals surface area contributed by atoms with Crippen molar-refractivity contribution in [3.63, 3.8) is 0 Å². The molecule has 0 heterocycles. The van der Waals surface area contributed by atoms with Gasteiger partial charge in [0.15, 0.2) is 0 Å². The van der Waals surface area contributed by atoms with Crippen LogP contribution in [0.5, 0.6) is 0 Å². The molecule has 13 heavy (non-hydrogen) atoms. The minimum absolute atomic E-state index is 0.353. The number of allylic oxidation sites excluding steroid dienone is 1. The summed E-state index contributed by atoms with van der Waals surface area (Å²) < 4.78 is 0. The topological polar surface area (TPSA) is 12.0 Å². The Bertz CT molecular complexity index is 186. The van der Waals surface area contributed by atoms with Gasteiger partial charge in [0, 0.05) is 6.04 Å². The molecule has 0 bridgehead atoms. The van der Waals surface area contributed by atoms with Gasteiger partial charge in [-0.05, 0) is 31.2 Å². The molecule has 0 aromatic rings. The molecule has 0 aromatic carbocycles. The number of hydrogen-bond donors (Lipinski definition) is 1. The average molecular weight is 181 g/mol. The Hall–Kier alpha value is -0.300. The fraction of sp³-hybridized carbons (Fsp3) is 0.833. The van der Waals surface area contributed by atoms with Crippen molar-refractivity contribution in [2.24, 2.45) is 5.41 Å². The molecule has 0 spiro atoms. The third-order valence-corrected chi connectivity index (χ3v) is 2.72. The first-order valence-electron chi connectivity index (χ1n) is 5.48. The Morgan fingerprint density at radius 1 is 1.46 bits per heavy atom. The second-order valence-corrected chi connectivity index (χ2v) is 5.03. The highest BCUT2D eigenvalue weighted by Gasteiger charge is 2.27. The van der Waals surface area contributed by atoms with Crippen LogP contribution in [0.1, 0.15) is 47.0 Å². The fourth-order valence-corrected chi connectivity index (χ4v) is 2.16. The molecule has 0 fully saturated rings. The third-order valence-electron chi connectivity index (χ3n) is 2.72. The van der Waals surface area contributed by atoms with Crippen LogP contribution in [0.25, 0.3) is 0 Å². The van der Waals surface area contributed by atoms with Crippen LogP contribution in [0.3, 0.4) is 0 Å². The molecular weight excluding hydrogens is 158 g/mol. The lowest BCUT2D eigenvalue weighted by Crippen LogP contribution is -2.41. The summed E-state index contributed by atoms with van der Waals surface area (Å²) in [7, 11) is 0. The summed E-state index contributed by atoms with van der Waals surface area (Å²) in [6.07, 6.45) is 6.37. The molecule has 1 atom stereocenters. The summed E-state index contributed by atoms with van der Waals surface area (Å²) in [4.78, 5) is 0. The predicted octanol–water partition coefficient (Wildman–Crippen LogP) is 3.12. The largest absolute Gasteiger partial charge is 0.310 e. The SMILES string of the molecule is CCNC(C1=CCCC1)C(C)(C)C. The van der Waals surface area contributed by atoms with E-state index in [1.165, 1.54) is 19.3 Å². The monoisotopic (exact) mass is 181 g/mol. The molecule has 0 saturated heterocycles. The van der Waals surface area contributed by atoms with Crippen molar-refractivity contribution < 1.29 is 0 Å². The summed E-state index contributed by atoms with van der Waals surface area (Å²) >= 11 is 0. The van der Waals surface area contributed by atoms with E-state index in [9.17, 15) is 0 Å². The zero-order valence-corrected chi connectivity index (χ0v) is 9.48. The Kier molecular flexibility index (Phi) is 3.55. The van der Waals surface area contributed by atoms with Crippen LogP contribution in [0.2, 0.25) is 0 Å². The highest BCUT2D eigenvalue weighted by molar-refractivity contribution is 5.18. The zero-order chi connectivity index (χ0) is 9.90. The Labute approximate surface area is 82.6 Å². The summed E-state index contributed by atoms with van der Waals surface area (Å²) in [5.41, 5.74) is 1.99. The van der Waals surface area contributed by atoms with E-state index in [1.807, 2.05) is 0 Å². The smallest absolute Gasteiger partial charge is 0.0328 e. The van der Waals surface area contributed by atoms with Gasteiger partial charge >= 0.3 is 0 Å². The average Bonchev–Trinajstić information content (AvgIpc) is 2.49. The second kappa shape index (κ2) is 4.28. The van der Waals surface area contributed by atoms with Gasteiger partial charge < -0.3 is 5.32 Å². The van der Waals surface area contributed by atoms with Crippen molar-refractivity contribution in [2.45, 2.75) is 53.0 Å². The fourth-order valence-electron chi connectivity index (χ4n) is 2.16. The van der Waals surface area contributed by atoms with Crippen molar-refractivity contribution in [3.05, 3.63) is 11.6 Å². The van der Waals surface area contributed by atoms with E-state index in [0.717, 1.165) is 6.54 Å². The lowest BCUT2D eigenvalue weighted by atomic mass is 9.82. The number of hydrogen-bond acceptors (Lipinski definition) is 1. The zero-order valence-electron chi connectivity index (χ0n) is 9.48. The molecule has 0 aliphatic heterocycles. The normalized spacial score (nSPS) is 20.2. The lowest BCUT2D eigenvalue weighted by Gasteiger charge is -2.32. The van der Waals surface area contributed by atoms with Gasteiger partial charge in [0.05, 0.1) is 0 Å². The van der Waals surface area contributed by atoms with Crippen LogP contribution in [-0.4, -0.2) is 12.6 Å². The molecule has 0 amide bonds. The van der Waals surface area contributed by atoms with Gasteiger partial charge in [-0.2, -0.15) is 0 Å². The van der Waals surface area contributed by atoms with Gasteiger partial charge in [-0.1, -0.05) is 39.3 Å². The first kappa shape index (κ1) is 10.8. The second-order valence-electron chi connectivity index (χ2n) is 5.03. The Morgan fingerprint density at radius 2 is 2.15 bits per heavy atom.